The van der Waals surface area contributed by atoms with E-state index in [1.54, 1.807) is 50.5 Å². The molecule has 0 spiro atoms. The maximum atomic E-state index is 12.5. The van der Waals surface area contributed by atoms with Crippen LogP contribution in [-0.4, -0.2) is 36.8 Å². The lowest BCUT2D eigenvalue weighted by Gasteiger charge is -2.16. The lowest BCUT2D eigenvalue weighted by molar-refractivity contribution is 0.0827. The number of ether oxygens (including phenoxy) is 1. The summed E-state index contributed by atoms with van der Waals surface area (Å²) in [5, 5.41) is 0. The zero-order valence-corrected chi connectivity index (χ0v) is 16.9. The Morgan fingerprint density at radius 3 is 2.15 bits per heavy atom. The number of hydrogen-bond donors (Lipinski definition) is 0. The average Bonchev–Trinajstić information content (AvgIpc) is 2.61. The molecule has 0 aliphatic carbocycles. The molecule has 0 aromatic heterocycles. The molecule has 0 bridgehead atoms. The summed E-state index contributed by atoms with van der Waals surface area (Å²) in [4.78, 5) is 26.0. The van der Waals surface area contributed by atoms with Crippen molar-refractivity contribution < 1.29 is 14.3 Å². The summed E-state index contributed by atoms with van der Waals surface area (Å²) < 4.78 is 5.93. The predicted molar refractivity (Wildman–Crippen MR) is 110 cm³/mol. The van der Waals surface area contributed by atoms with E-state index in [2.05, 4.69) is 6.07 Å². The zero-order chi connectivity index (χ0) is 20.1. The smallest absolute Gasteiger partial charge is 0.253 e. The van der Waals surface area contributed by atoms with Crippen LogP contribution >= 0.6 is 0 Å². The van der Waals surface area contributed by atoms with Gasteiger partial charge in [0.2, 0.25) is 0 Å². The molecule has 0 aliphatic rings. The quantitative estimate of drug-likeness (QED) is 0.551. The maximum Gasteiger partial charge on any atom is 0.253 e. The Balaban J connectivity index is 2.25. The number of rotatable bonds is 6. The van der Waals surface area contributed by atoms with Gasteiger partial charge in [0, 0.05) is 30.8 Å². The summed E-state index contributed by atoms with van der Waals surface area (Å²) in [6.45, 7) is 7.99. The molecule has 2 rings (SSSR count). The number of nitrogens with zero attached hydrogens (tertiary/aromatic N) is 1. The SMILES string of the molecule is Cc1cc(C)c(OC(C)C)c(/C=C/C(=O)c2ccc(C(=O)N(C)C)cc2)c1. The van der Waals surface area contributed by atoms with Crippen LogP contribution in [0, 0.1) is 13.8 Å². The van der Waals surface area contributed by atoms with Crippen LogP contribution in [0.2, 0.25) is 0 Å². The van der Waals surface area contributed by atoms with E-state index in [0.717, 1.165) is 22.4 Å². The van der Waals surface area contributed by atoms with Gasteiger partial charge in [-0.2, -0.15) is 0 Å². The van der Waals surface area contributed by atoms with Crippen LogP contribution in [0.5, 0.6) is 5.75 Å². The first-order chi connectivity index (χ1) is 12.7. The fourth-order valence-electron chi connectivity index (χ4n) is 2.80. The number of carbonyl (C=O) groups is 2. The van der Waals surface area contributed by atoms with Gasteiger partial charge in [0.1, 0.15) is 5.75 Å². The Hall–Kier alpha value is -2.88. The summed E-state index contributed by atoms with van der Waals surface area (Å²) in [7, 11) is 3.40. The van der Waals surface area contributed by atoms with Gasteiger partial charge in [-0.15, -0.1) is 0 Å². The van der Waals surface area contributed by atoms with Gasteiger partial charge in [-0.3, -0.25) is 9.59 Å². The van der Waals surface area contributed by atoms with Crippen molar-refractivity contribution in [3.05, 3.63) is 70.3 Å². The summed E-state index contributed by atoms with van der Waals surface area (Å²) in [6.07, 6.45) is 3.39. The van der Waals surface area contributed by atoms with Crippen molar-refractivity contribution in [1.82, 2.24) is 4.90 Å². The molecule has 0 N–H and O–H groups in total. The molecule has 4 nitrogen and oxygen atoms in total. The topological polar surface area (TPSA) is 46.6 Å². The number of hydrogen-bond acceptors (Lipinski definition) is 3. The first-order valence-corrected chi connectivity index (χ1v) is 9.01. The van der Waals surface area contributed by atoms with Crippen molar-refractivity contribution in [2.24, 2.45) is 0 Å². The minimum atomic E-state index is -0.117. The molecule has 2 aromatic rings. The van der Waals surface area contributed by atoms with Gasteiger partial charge in [-0.05, 0) is 63.6 Å². The molecule has 0 saturated heterocycles. The van der Waals surface area contributed by atoms with Gasteiger partial charge in [0.05, 0.1) is 6.10 Å². The number of ketones is 1. The number of amides is 1. The van der Waals surface area contributed by atoms with Crippen LogP contribution in [0.1, 0.15) is 51.3 Å². The Morgan fingerprint density at radius 2 is 1.59 bits per heavy atom. The largest absolute Gasteiger partial charge is 0.490 e. The Labute approximate surface area is 161 Å². The molecule has 142 valence electrons. The van der Waals surface area contributed by atoms with Gasteiger partial charge in [-0.25, -0.2) is 0 Å². The van der Waals surface area contributed by atoms with E-state index in [1.165, 1.54) is 4.90 Å². The highest BCUT2D eigenvalue weighted by Crippen LogP contribution is 2.28. The highest BCUT2D eigenvalue weighted by Gasteiger charge is 2.11. The Kier molecular flexibility index (Phi) is 6.56. The Morgan fingerprint density at radius 1 is 1.00 bits per heavy atom. The summed E-state index contributed by atoms with van der Waals surface area (Å²) in [5.74, 6) is 0.593. The molecule has 2 aromatic carbocycles. The molecular formula is C23H27NO3. The summed E-state index contributed by atoms with van der Waals surface area (Å²) in [6, 6.07) is 10.8. The van der Waals surface area contributed by atoms with Crippen LogP contribution in [0.25, 0.3) is 6.08 Å². The van der Waals surface area contributed by atoms with E-state index in [1.807, 2.05) is 33.8 Å². The monoisotopic (exact) mass is 365 g/mol. The minimum absolute atomic E-state index is 0.0519. The molecule has 0 atom stereocenters. The third-order valence-corrected chi connectivity index (χ3v) is 4.04. The third kappa shape index (κ3) is 5.30. The molecule has 0 saturated carbocycles. The lowest BCUT2D eigenvalue weighted by atomic mass is 10.0. The van der Waals surface area contributed by atoms with Gasteiger partial charge < -0.3 is 9.64 Å². The van der Waals surface area contributed by atoms with E-state index >= 15 is 0 Å². The van der Waals surface area contributed by atoms with E-state index in [0.29, 0.717) is 11.1 Å². The van der Waals surface area contributed by atoms with E-state index in [-0.39, 0.29) is 17.8 Å². The molecule has 1 amide bonds. The average molecular weight is 365 g/mol. The second-order valence-corrected chi connectivity index (χ2v) is 7.14. The molecule has 0 fully saturated rings. The van der Waals surface area contributed by atoms with Crippen molar-refractivity contribution in [3.8, 4) is 5.75 Å². The number of aryl methyl sites for hydroxylation is 2. The molecule has 0 unspecified atom stereocenters. The number of carbonyl (C=O) groups excluding carboxylic acids is 2. The van der Waals surface area contributed by atoms with E-state index < -0.39 is 0 Å². The van der Waals surface area contributed by atoms with Gasteiger partial charge in [-0.1, -0.05) is 23.8 Å². The summed E-state index contributed by atoms with van der Waals surface area (Å²) in [5.41, 5.74) is 4.14. The second-order valence-electron chi connectivity index (χ2n) is 7.14. The van der Waals surface area contributed by atoms with Crippen molar-refractivity contribution >= 4 is 17.8 Å². The standard InChI is InChI=1S/C23H27NO3/c1-15(2)27-22-17(4)13-16(3)14-20(22)11-12-21(25)18-7-9-19(10-8-18)23(26)24(5)6/h7-15H,1-6H3/b12-11+. The molecule has 0 heterocycles. The zero-order valence-electron chi connectivity index (χ0n) is 16.9. The van der Waals surface area contributed by atoms with Crippen molar-refractivity contribution in [3.63, 3.8) is 0 Å². The van der Waals surface area contributed by atoms with E-state index in [9.17, 15) is 9.59 Å². The normalized spacial score (nSPS) is 11.1. The molecule has 4 heteroatoms. The van der Waals surface area contributed by atoms with Crippen LogP contribution in [0.4, 0.5) is 0 Å². The Bertz CT molecular complexity index is 862. The van der Waals surface area contributed by atoms with Crippen LogP contribution in [0.3, 0.4) is 0 Å². The van der Waals surface area contributed by atoms with E-state index in [4.69, 9.17) is 4.74 Å². The highest BCUT2D eigenvalue weighted by molar-refractivity contribution is 6.07. The molecule has 0 aliphatic heterocycles. The highest BCUT2D eigenvalue weighted by atomic mass is 16.5. The number of allylic oxidation sites excluding steroid dienone is 1. The van der Waals surface area contributed by atoms with Crippen LogP contribution < -0.4 is 4.74 Å². The molecular weight excluding hydrogens is 338 g/mol. The van der Waals surface area contributed by atoms with Crippen LogP contribution in [-0.2, 0) is 0 Å². The van der Waals surface area contributed by atoms with Crippen molar-refractivity contribution in [2.45, 2.75) is 33.8 Å². The summed E-state index contributed by atoms with van der Waals surface area (Å²) >= 11 is 0. The molecule has 0 radical (unpaired) electrons. The minimum Gasteiger partial charge on any atom is -0.490 e. The van der Waals surface area contributed by atoms with Crippen molar-refractivity contribution in [2.75, 3.05) is 14.1 Å². The molecule has 27 heavy (non-hydrogen) atoms. The fourth-order valence-corrected chi connectivity index (χ4v) is 2.80. The predicted octanol–water partition coefficient (Wildman–Crippen LogP) is 4.69. The van der Waals surface area contributed by atoms with Crippen LogP contribution in [0.15, 0.2) is 42.5 Å². The second kappa shape index (κ2) is 8.67. The van der Waals surface area contributed by atoms with Gasteiger partial charge >= 0.3 is 0 Å². The van der Waals surface area contributed by atoms with Gasteiger partial charge in [0.15, 0.2) is 5.78 Å². The first kappa shape index (κ1) is 20.4. The van der Waals surface area contributed by atoms with Crippen molar-refractivity contribution in [1.29, 1.82) is 0 Å². The first-order valence-electron chi connectivity index (χ1n) is 9.01. The number of benzene rings is 2. The van der Waals surface area contributed by atoms with Gasteiger partial charge in [0.25, 0.3) is 5.91 Å². The fraction of sp³-hybridized carbons (Fsp3) is 0.304. The maximum absolute atomic E-state index is 12.5. The third-order valence-electron chi connectivity index (χ3n) is 4.04. The lowest BCUT2D eigenvalue weighted by Crippen LogP contribution is -2.21.